The quantitative estimate of drug-likeness (QED) is 0.498. The molecule has 0 radical (unpaired) electrons. The number of imide groups is 1. The second kappa shape index (κ2) is 9.47. The molecule has 2 aromatic carbocycles. The van der Waals surface area contributed by atoms with Gasteiger partial charge in [-0.05, 0) is 42.9 Å². The SMILES string of the molecule is CSCCN(C(=O)CCCc1ccccc1N=N)N1C(=O)c2ccccc2C1=O. The molecule has 1 aliphatic rings. The first-order chi connectivity index (χ1) is 14.1. The Hall–Kier alpha value is -3.00. The fourth-order valence-electron chi connectivity index (χ4n) is 3.30. The van der Waals surface area contributed by atoms with Crippen LogP contribution in [0.4, 0.5) is 5.69 Å². The summed E-state index contributed by atoms with van der Waals surface area (Å²) in [6.07, 6.45) is 3.22. The Morgan fingerprint density at radius 2 is 1.69 bits per heavy atom. The minimum absolute atomic E-state index is 0.189. The lowest BCUT2D eigenvalue weighted by Gasteiger charge is -2.30. The molecule has 0 saturated heterocycles. The van der Waals surface area contributed by atoms with Gasteiger partial charge in [0.15, 0.2) is 0 Å². The van der Waals surface area contributed by atoms with E-state index in [9.17, 15) is 14.4 Å². The molecular weight excluding hydrogens is 388 g/mol. The molecule has 0 aliphatic carbocycles. The number of aryl methyl sites for hydroxylation is 1. The van der Waals surface area contributed by atoms with E-state index in [0.717, 1.165) is 10.6 Å². The minimum Gasteiger partial charge on any atom is -0.273 e. The highest BCUT2D eigenvalue weighted by Crippen LogP contribution is 2.25. The highest BCUT2D eigenvalue weighted by molar-refractivity contribution is 7.98. The van der Waals surface area contributed by atoms with Gasteiger partial charge in [-0.15, -0.1) is 0 Å². The van der Waals surface area contributed by atoms with Gasteiger partial charge in [-0.3, -0.25) is 14.4 Å². The summed E-state index contributed by atoms with van der Waals surface area (Å²) in [6.45, 7) is 0.282. The summed E-state index contributed by atoms with van der Waals surface area (Å²) in [7, 11) is 0. The Morgan fingerprint density at radius 3 is 2.31 bits per heavy atom. The number of hydrogen-bond donors (Lipinski definition) is 1. The molecule has 0 saturated carbocycles. The first-order valence-electron chi connectivity index (χ1n) is 9.31. The maximum absolute atomic E-state index is 12.9. The van der Waals surface area contributed by atoms with E-state index in [0.29, 0.717) is 35.4 Å². The zero-order chi connectivity index (χ0) is 20.8. The number of para-hydroxylation sites is 1. The van der Waals surface area contributed by atoms with Crippen LogP contribution in [0.2, 0.25) is 0 Å². The summed E-state index contributed by atoms with van der Waals surface area (Å²) < 4.78 is 0. The fraction of sp³-hybridized carbons (Fsp3) is 0.286. The van der Waals surface area contributed by atoms with E-state index >= 15 is 0 Å². The van der Waals surface area contributed by atoms with Crippen molar-refractivity contribution in [2.24, 2.45) is 5.11 Å². The Labute approximate surface area is 173 Å². The highest BCUT2D eigenvalue weighted by atomic mass is 32.2. The summed E-state index contributed by atoms with van der Waals surface area (Å²) in [5.74, 6) is -0.578. The maximum atomic E-state index is 12.9. The molecule has 7 nitrogen and oxygen atoms in total. The standard InChI is InChI=1S/C21H22N4O3S/c1-29-14-13-24(25-20(27)16-9-3-4-10-17(16)21(25)28)19(26)12-6-8-15-7-2-5-11-18(15)23-22/h2-5,7,9-11,22H,6,8,12-14H2,1H3. The van der Waals surface area contributed by atoms with Crippen molar-refractivity contribution >= 4 is 35.2 Å². The van der Waals surface area contributed by atoms with Crippen LogP contribution in [0.5, 0.6) is 0 Å². The van der Waals surface area contributed by atoms with Gasteiger partial charge in [0.1, 0.15) is 0 Å². The number of carbonyl (C=O) groups is 3. The van der Waals surface area contributed by atoms with E-state index in [1.165, 1.54) is 5.01 Å². The minimum atomic E-state index is -0.460. The molecule has 0 aromatic heterocycles. The third kappa shape index (κ3) is 4.37. The van der Waals surface area contributed by atoms with Gasteiger partial charge in [0, 0.05) is 12.2 Å². The van der Waals surface area contributed by atoms with Crippen LogP contribution in [-0.4, -0.2) is 46.3 Å². The molecule has 3 amide bonds. The summed E-state index contributed by atoms with van der Waals surface area (Å²) >= 11 is 1.54. The fourth-order valence-corrected chi connectivity index (χ4v) is 3.66. The van der Waals surface area contributed by atoms with Crippen molar-refractivity contribution in [3.63, 3.8) is 0 Å². The molecule has 3 rings (SSSR count). The smallest absolute Gasteiger partial charge is 0.273 e. The molecule has 0 bridgehead atoms. The van der Waals surface area contributed by atoms with E-state index in [-0.39, 0.29) is 18.9 Å². The molecule has 0 unspecified atom stereocenters. The van der Waals surface area contributed by atoms with Crippen molar-refractivity contribution in [2.45, 2.75) is 19.3 Å². The number of amides is 3. The first kappa shape index (κ1) is 20.7. The van der Waals surface area contributed by atoms with Gasteiger partial charge in [-0.2, -0.15) is 21.9 Å². The van der Waals surface area contributed by atoms with Crippen LogP contribution in [0.25, 0.3) is 0 Å². The van der Waals surface area contributed by atoms with Gasteiger partial charge in [0.25, 0.3) is 11.8 Å². The van der Waals surface area contributed by atoms with Gasteiger partial charge < -0.3 is 0 Å². The summed E-state index contributed by atoms with van der Waals surface area (Å²) in [5.41, 5.74) is 9.36. The van der Waals surface area contributed by atoms with Gasteiger partial charge in [-0.25, -0.2) is 10.5 Å². The lowest BCUT2D eigenvalue weighted by molar-refractivity contribution is -0.141. The van der Waals surface area contributed by atoms with Crippen LogP contribution in [0.3, 0.4) is 0 Å². The lowest BCUT2D eigenvalue weighted by atomic mass is 10.1. The predicted molar refractivity (Wildman–Crippen MR) is 111 cm³/mol. The second-order valence-corrected chi connectivity index (χ2v) is 7.56. The largest absolute Gasteiger partial charge is 0.280 e. The molecular formula is C21H22N4O3S. The van der Waals surface area contributed by atoms with E-state index in [1.807, 2.05) is 24.5 Å². The molecule has 1 heterocycles. The maximum Gasteiger partial charge on any atom is 0.280 e. The van der Waals surface area contributed by atoms with E-state index in [2.05, 4.69) is 5.11 Å². The highest BCUT2D eigenvalue weighted by Gasteiger charge is 2.40. The number of hydrazine groups is 1. The number of nitrogens with zero attached hydrogens (tertiary/aromatic N) is 3. The van der Waals surface area contributed by atoms with Crippen molar-refractivity contribution in [1.82, 2.24) is 10.0 Å². The number of nitrogens with one attached hydrogen (secondary N) is 1. The third-order valence-corrected chi connectivity index (χ3v) is 5.35. The average molecular weight is 410 g/mol. The van der Waals surface area contributed by atoms with Gasteiger partial charge >= 0.3 is 0 Å². The van der Waals surface area contributed by atoms with Crippen molar-refractivity contribution in [1.29, 1.82) is 5.53 Å². The normalized spacial score (nSPS) is 12.8. The van der Waals surface area contributed by atoms with E-state index < -0.39 is 11.8 Å². The lowest BCUT2D eigenvalue weighted by Crippen LogP contribution is -2.50. The summed E-state index contributed by atoms with van der Waals surface area (Å²) in [4.78, 5) is 38.5. The monoisotopic (exact) mass is 410 g/mol. The molecule has 150 valence electrons. The predicted octanol–water partition coefficient (Wildman–Crippen LogP) is 4.07. The van der Waals surface area contributed by atoms with Crippen molar-refractivity contribution < 1.29 is 14.4 Å². The second-order valence-electron chi connectivity index (χ2n) is 6.57. The summed E-state index contributed by atoms with van der Waals surface area (Å²) in [5, 5.41) is 5.77. The van der Waals surface area contributed by atoms with Gasteiger partial charge in [0.2, 0.25) is 5.91 Å². The van der Waals surface area contributed by atoms with Crippen molar-refractivity contribution in [2.75, 3.05) is 18.6 Å². The molecule has 1 N–H and O–H groups in total. The van der Waals surface area contributed by atoms with E-state index in [1.54, 1.807) is 42.1 Å². The molecule has 0 atom stereocenters. The average Bonchev–Trinajstić information content (AvgIpc) is 3.00. The van der Waals surface area contributed by atoms with Crippen LogP contribution in [0.15, 0.2) is 53.6 Å². The Morgan fingerprint density at radius 1 is 1.07 bits per heavy atom. The number of fused-ring (bicyclic) bond motifs is 1. The van der Waals surface area contributed by atoms with Crippen LogP contribution in [-0.2, 0) is 11.2 Å². The van der Waals surface area contributed by atoms with Crippen LogP contribution in [0, 0.1) is 5.53 Å². The van der Waals surface area contributed by atoms with Crippen LogP contribution in [0.1, 0.15) is 39.1 Å². The Kier molecular flexibility index (Phi) is 6.77. The van der Waals surface area contributed by atoms with Crippen molar-refractivity contribution in [3.05, 3.63) is 65.2 Å². The number of thioether (sulfide) groups is 1. The number of benzene rings is 2. The topological polar surface area (TPSA) is 93.9 Å². The molecule has 2 aromatic rings. The number of carbonyl (C=O) groups excluding carboxylic acids is 3. The van der Waals surface area contributed by atoms with E-state index in [4.69, 9.17) is 5.53 Å². The van der Waals surface area contributed by atoms with Crippen LogP contribution >= 0.6 is 11.8 Å². The zero-order valence-corrected chi connectivity index (χ0v) is 16.9. The molecule has 1 aliphatic heterocycles. The summed E-state index contributed by atoms with van der Waals surface area (Å²) in [6, 6.07) is 13.9. The molecule has 29 heavy (non-hydrogen) atoms. The Bertz CT molecular complexity index is 912. The zero-order valence-electron chi connectivity index (χ0n) is 16.1. The van der Waals surface area contributed by atoms with Gasteiger partial charge in [-0.1, -0.05) is 30.3 Å². The molecule has 8 heteroatoms. The third-order valence-electron chi connectivity index (χ3n) is 4.76. The number of hydrogen-bond acceptors (Lipinski definition) is 6. The molecule has 0 fully saturated rings. The number of rotatable bonds is 9. The Balaban J connectivity index is 1.72. The first-order valence-corrected chi connectivity index (χ1v) is 10.7. The van der Waals surface area contributed by atoms with Gasteiger partial charge in [0.05, 0.1) is 23.4 Å². The van der Waals surface area contributed by atoms with Crippen LogP contribution < -0.4 is 0 Å². The molecule has 0 spiro atoms. The van der Waals surface area contributed by atoms with Crippen molar-refractivity contribution in [3.8, 4) is 0 Å².